The first kappa shape index (κ1) is 16.7. The molecule has 0 atom stereocenters. The van der Waals surface area contributed by atoms with E-state index in [4.69, 9.17) is 16.7 Å². The topological polar surface area (TPSA) is 89.3 Å². The van der Waals surface area contributed by atoms with Gasteiger partial charge in [-0.2, -0.15) is 0 Å². The normalized spacial score (nSPS) is 16.1. The van der Waals surface area contributed by atoms with Gasteiger partial charge in [-0.3, -0.25) is 4.79 Å². The van der Waals surface area contributed by atoms with Crippen LogP contribution in [0.3, 0.4) is 0 Å². The van der Waals surface area contributed by atoms with Crippen molar-refractivity contribution in [3.8, 4) is 0 Å². The maximum absolute atomic E-state index is 12.2. The first-order valence-corrected chi connectivity index (χ1v) is 9.31. The molecule has 8 heteroatoms. The number of hydrogen-bond donors (Lipinski definition) is 2. The predicted molar refractivity (Wildman–Crippen MR) is 84.8 cm³/mol. The highest BCUT2D eigenvalue weighted by Gasteiger charge is 2.22. The van der Waals surface area contributed by atoms with Gasteiger partial charge in [0.2, 0.25) is 10.0 Å². The lowest BCUT2D eigenvalue weighted by Gasteiger charge is -2.13. The summed E-state index contributed by atoms with van der Waals surface area (Å²) >= 11 is 9.18. The van der Waals surface area contributed by atoms with Crippen molar-refractivity contribution in [2.24, 2.45) is 11.1 Å². The molecule has 116 valence electrons. The van der Waals surface area contributed by atoms with Crippen molar-refractivity contribution in [3.63, 3.8) is 0 Å². The van der Waals surface area contributed by atoms with Crippen LogP contribution < -0.4 is 10.5 Å². The monoisotopic (exact) mass is 394 g/mol. The summed E-state index contributed by atoms with van der Waals surface area (Å²) in [7, 11) is -3.98. The Hall–Kier alpha value is -0.630. The lowest BCUT2D eigenvalue weighted by atomic mass is 10.1. The Labute approximate surface area is 137 Å². The van der Waals surface area contributed by atoms with Crippen molar-refractivity contribution in [1.82, 2.24) is 5.32 Å². The van der Waals surface area contributed by atoms with Gasteiger partial charge >= 0.3 is 0 Å². The summed E-state index contributed by atoms with van der Waals surface area (Å²) in [6.07, 6.45) is 4.59. The Kier molecular flexibility index (Phi) is 5.29. The minimum Gasteiger partial charge on any atom is -0.352 e. The molecule has 3 N–H and O–H groups in total. The van der Waals surface area contributed by atoms with Gasteiger partial charge in [0, 0.05) is 11.0 Å². The molecular weight excluding hydrogens is 380 g/mol. The van der Waals surface area contributed by atoms with Gasteiger partial charge in [0.15, 0.2) is 0 Å². The molecule has 0 saturated heterocycles. The molecule has 0 aromatic heterocycles. The number of hydrogen-bond acceptors (Lipinski definition) is 3. The Morgan fingerprint density at radius 3 is 2.57 bits per heavy atom. The molecule has 2 rings (SSSR count). The lowest BCUT2D eigenvalue weighted by Crippen LogP contribution is -2.29. The number of rotatable bonds is 4. The summed E-state index contributed by atoms with van der Waals surface area (Å²) in [4.78, 5) is 11.9. The van der Waals surface area contributed by atoms with Crippen molar-refractivity contribution < 1.29 is 13.2 Å². The average molecular weight is 396 g/mol. The van der Waals surface area contributed by atoms with Crippen LogP contribution in [0.2, 0.25) is 5.02 Å². The molecular formula is C13H16BrClN2O3S. The van der Waals surface area contributed by atoms with Crippen LogP contribution in [0.25, 0.3) is 0 Å². The van der Waals surface area contributed by atoms with Crippen LogP contribution in [-0.2, 0) is 10.0 Å². The summed E-state index contributed by atoms with van der Waals surface area (Å²) in [5.74, 6) is 0.0932. The number of amides is 1. The zero-order valence-corrected chi connectivity index (χ0v) is 14.4. The third-order valence-corrected chi connectivity index (χ3v) is 5.49. The van der Waals surface area contributed by atoms with E-state index in [1.807, 2.05) is 0 Å². The molecule has 1 aliphatic carbocycles. The second kappa shape index (κ2) is 6.64. The number of sulfonamides is 1. The number of nitrogens with two attached hydrogens (primary N) is 1. The number of benzene rings is 1. The molecule has 21 heavy (non-hydrogen) atoms. The Bertz CT molecular complexity index is 658. The first-order chi connectivity index (χ1) is 9.79. The minimum atomic E-state index is -3.98. The van der Waals surface area contributed by atoms with Crippen LogP contribution in [-0.4, -0.2) is 20.9 Å². The molecule has 0 bridgehead atoms. The van der Waals surface area contributed by atoms with Gasteiger partial charge in [0.25, 0.3) is 5.91 Å². The van der Waals surface area contributed by atoms with Crippen LogP contribution in [0.5, 0.6) is 0 Å². The number of halogens is 2. The third kappa shape index (κ3) is 4.18. The largest absolute Gasteiger partial charge is 0.352 e. The van der Waals surface area contributed by atoms with E-state index in [1.165, 1.54) is 25.0 Å². The fourth-order valence-corrected chi connectivity index (χ4v) is 4.26. The van der Waals surface area contributed by atoms with Crippen LogP contribution >= 0.6 is 27.5 Å². The highest BCUT2D eigenvalue weighted by Crippen LogP contribution is 2.29. The van der Waals surface area contributed by atoms with Gasteiger partial charge in [0.05, 0.1) is 10.6 Å². The smallest absolute Gasteiger partial charge is 0.252 e. The van der Waals surface area contributed by atoms with E-state index < -0.39 is 15.9 Å². The third-order valence-electron chi connectivity index (χ3n) is 3.58. The molecule has 0 aliphatic heterocycles. The Morgan fingerprint density at radius 1 is 1.38 bits per heavy atom. The lowest BCUT2D eigenvalue weighted by molar-refractivity contribution is 0.0947. The number of primary sulfonamides is 1. The highest BCUT2D eigenvalue weighted by molar-refractivity contribution is 9.10. The predicted octanol–water partition coefficient (Wildman–Crippen LogP) is 2.67. The molecule has 1 amide bonds. The zero-order chi connectivity index (χ0) is 15.6. The van der Waals surface area contributed by atoms with Crippen molar-refractivity contribution in [2.45, 2.75) is 30.6 Å². The maximum Gasteiger partial charge on any atom is 0.252 e. The van der Waals surface area contributed by atoms with E-state index in [0.717, 1.165) is 12.8 Å². The van der Waals surface area contributed by atoms with Gasteiger partial charge in [0.1, 0.15) is 4.90 Å². The molecule has 1 saturated carbocycles. The fourth-order valence-electron chi connectivity index (χ4n) is 2.48. The molecule has 0 heterocycles. The summed E-state index contributed by atoms with van der Waals surface area (Å²) in [6.45, 7) is 0.576. The zero-order valence-electron chi connectivity index (χ0n) is 11.2. The summed E-state index contributed by atoms with van der Waals surface area (Å²) in [5, 5.41) is 7.76. The SMILES string of the molecule is NS(=O)(=O)c1cc(Br)cc(C(=O)NCC2CCCC2)c1Cl. The second-order valence-corrected chi connectivity index (χ2v) is 7.99. The molecule has 5 nitrogen and oxygen atoms in total. The summed E-state index contributed by atoms with van der Waals surface area (Å²) < 4.78 is 23.4. The van der Waals surface area contributed by atoms with E-state index in [0.29, 0.717) is 16.9 Å². The molecule has 0 unspecified atom stereocenters. The first-order valence-electron chi connectivity index (χ1n) is 6.59. The molecule has 1 aromatic rings. The number of carbonyl (C=O) groups excluding carboxylic acids is 1. The second-order valence-electron chi connectivity index (χ2n) is 5.17. The standard InChI is InChI=1S/C13H16BrClN2O3S/c14-9-5-10(12(15)11(6-9)21(16,19)20)13(18)17-7-8-3-1-2-4-8/h5-6,8H,1-4,7H2,(H,17,18)(H2,16,19,20). The molecule has 1 aromatic carbocycles. The van der Waals surface area contributed by atoms with Crippen molar-refractivity contribution in [2.75, 3.05) is 6.54 Å². The van der Waals surface area contributed by atoms with Crippen molar-refractivity contribution in [3.05, 3.63) is 27.2 Å². The van der Waals surface area contributed by atoms with Crippen molar-refractivity contribution >= 4 is 43.5 Å². The average Bonchev–Trinajstić information content (AvgIpc) is 2.90. The van der Waals surface area contributed by atoms with Crippen LogP contribution in [0.15, 0.2) is 21.5 Å². The van der Waals surface area contributed by atoms with Crippen LogP contribution in [0.1, 0.15) is 36.0 Å². The molecule has 1 aliphatic rings. The molecule has 1 fully saturated rings. The van der Waals surface area contributed by atoms with E-state index in [-0.39, 0.29) is 15.5 Å². The van der Waals surface area contributed by atoms with E-state index in [2.05, 4.69) is 21.2 Å². The molecule has 0 radical (unpaired) electrons. The van der Waals surface area contributed by atoms with Gasteiger partial charge in [-0.05, 0) is 30.9 Å². The fraction of sp³-hybridized carbons (Fsp3) is 0.462. The van der Waals surface area contributed by atoms with E-state index in [1.54, 1.807) is 0 Å². The Balaban J connectivity index is 2.22. The quantitative estimate of drug-likeness (QED) is 0.821. The number of nitrogens with one attached hydrogen (secondary N) is 1. The van der Waals surface area contributed by atoms with E-state index >= 15 is 0 Å². The summed E-state index contributed by atoms with van der Waals surface area (Å²) in [6, 6.07) is 2.77. The summed E-state index contributed by atoms with van der Waals surface area (Å²) in [5.41, 5.74) is 0.105. The van der Waals surface area contributed by atoms with Crippen LogP contribution in [0, 0.1) is 5.92 Å². The van der Waals surface area contributed by atoms with Gasteiger partial charge in [-0.1, -0.05) is 40.4 Å². The van der Waals surface area contributed by atoms with Crippen molar-refractivity contribution in [1.29, 1.82) is 0 Å². The maximum atomic E-state index is 12.2. The Morgan fingerprint density at radius 2 is 2.00 bits per heavy atom. The highest BCUT2D eigenvalue weighted by atomic mass is 79.9. The number of carbonyl (C=O) groups is 1. The van der Waals surface area contributed by atoms with Crippen LogP contribution in [0.4, 0.5) is 0 Å². The molecule has 0 spiro atoms. The van der Waals surface area contributed by atoms with Gasteiger partial charge in [-0.25, -0.2) is 13.6 Å². The minimum absolute atomic E-state index is 0.105. The van der Waals surface area contributed by atoms with E-state index in [9.17, 15) is 13.2 Å². The van der Waals surface area contributed by atoms with Gasteiger partial charge < -0.3 is 5.32 Å². The van der Waals surface area contributed by atoms with Gasteiger partial charge in [-0.15, -0.1) is 0 Å².